The van der Waals surface area contributed by atoms with Crippen LogP contribution in [0.4, 0.5) is 0 Å². The van der Waals surface area contributed by atoms with E-state index >= 15 is 0 Å². The van der Waals surface area contributed by atoms with Gasteiger partial charge in [0, 0.05) is 6.08 Å². The molecule has 4 heteroatoms. The molecule has 0 saturated carbocycles. The molecule has 0 aliphatic carbocycles. The Kier molecular flexibility index (Phi) is 7.25. The number of hydrogen-bond donors (Lipinski definition) is 1. The third kappa shape index (κ3) is 5.78. The molecule has 1 aromatic carbocycles. The zero-order valence-corrected chi connectivity index (χ0v) is 12.1. The van der Waals surface area contributed by atoms with Crippen molar-refractivity contribution >= 4 is 12.0 Å². The van der Waals surface area contributed by atoms with Gasteiger partial charge in [-0.3, -0.25) is 0 Å². The van der Waals surface area contributed by atoms with Gasteiger partial charge in [-0.15, -0.1) is 0 Å². The van der Waals surface area contributed by atoms with Gasteiger partial charge in [0.15, 0.2) is 11.5 Å². The van der Waals surface area contributed by atoms with Gasteiger partial charge in [0.2, 0.25) is 0 Å². The normalized spacial score (nSPS) is 10.7. The van der Waals surface area contributed by atoms with Gasteiger partial charge in [-0.05, 0) is 30.2 Å². The first kappa shape index (κ1) is 16.1. The first-order valence-corrected chi connectivity index (χ1v) is 6.89. The average Bonchev–Trinajstić information content (AvgIpc) is 2.45. The first-order chi connectivity index (χ1) is 9.67. The van der Waals surface area contributed by atoms with Crippen molar-refractivity contribution in [1.82, 2.24) is 0 Å². The lowest BCUT2D eigenvalue weighted by atomic mass is 10.2. The summed E-state index contributed by atoms with van der Waals surface area (Å²) in [6.07, 6.45) is 7.24. The smallest absolute Gasteiger partial charge is 0.328 e. The lowest BCUT2D eigenvalue weighted by Crippen LogP contribution is -1.99. The highest BCUT2D eigenvalue weighted by Gasteiger charge is 2.04. The van der Waals surface area contributed by atoms with E-state index < -0.39 is 5.97 Å². The molecule has 0 heterocycles. The number of carboxylic acids is 1. The van der Waals surface area contributed by atoms with Crippen LogP contribution in [0, 0.1) is 0 Å². The summed E-state index contributed by atoms with van der Waals surface area (Å²) in [5.41, 5.74) is 0.766. The molecule has 0 unspecified atom stereocenters. The monoisotopic (exact) mass is 278 g/mol. The standard InChI is InChI=1S/C16H22O4/c1-3-4-5-6-11-20-14-9-7-13(8-10-16(17)18)12-15(14)19-2/h7-10,12H,3-6,11H2,1-2H3,(H,17,18). The van der Waals surface area contributed by atoms with Crippen molar-refractivity contribution in [2.75, 3.05) is 13.7 Å². The molecule has 0 fully saturated rings. The molecule has 0 saturated heterocycles. The van der Waals surface area contributed by atoms with Crippen molar-refractivity contribution in [3.05, 3.63) is 29.8 Å². The second-order valence-electron chi connectivity index (χ2n) is 4.49. The lowest BCUT2D eigenvalue weighted by Gasteiger charge is -2.11. The minimum absolute atomic E-state index is 0.619. The molecular weight excluding hydrogens is 256 g/mol. The third-order valence-electron chi connectivity index (χ3n) is 2.86. The molecule has 1 rings (SSSR count). The van der Waals surface area contributed by atoms with E-state index in [9.17, 15) is 4.79 Å². The van der Waals surface area contributed by atoms with Gasteiger partial charge in [0.05, 0.1) is 13.7 Å². The van der Waals surface area contributed by atoms with Crippen LogP contribution in [0.5, 0.6) is 11.5 Å². The van der Waals surface area contributed by atoms with Gasteiger partial charge in [-0.25, -0.2) is 4.79 Å². The summed E-state index contributed by atoms with van der Waals surface area (Å²) < 4.78 is 11.0. The van der Waals surface area contributed by atoms with Gasteiger partial charge in [0.25, 0.3) is 0 Å². The van der Waals surface area contributed by atoms with Crippen LogP contribution in [-0.2, 0) is 4.79 Å². The molecule has 0 atom stereocenters. The molecular formula is C16H22O4. The Morgan fingerprint density at radius 3 is 2.70 bits per heavy atom. The molecule has 0 radical (unpaired) electrons. The summed E-state index contributed by atoms with van der Waals surface area (Å²) in [5, 5.41) is 8.60. The van der Waals surface area contributed by atoms with Crippen molar-refractivity contribution < 1.29 is 19.4 Å². The van der Waals surface area contributed by atoms with Crippen molar-refractivity contribution in [1.29, 1.82) is 0 Å². The highest BCUT2D eigenvalue weighted by molar-refractivity contribution is 5.85. The highest BCUT2D eigenvalue weighted by Crippen LogP contribution is 2.28. The molecule has 4 nitrogen and oxygen atoms in total. The number of aliphatic carboxylic acids is 1. The number of carboxylic acid groups (broad SMARTS) is 1. The zero-order valence-electron chi connectivity index (χ0n) is 12.1. The SMILES string of the molecule is CCCCCCOc1ccc(C=CC(=O)O)cc1OC. The molecule has 0 aromatic heterocycles. The first-order valence-electron chi connectivity index (χ1n) is 6.89. The van der Waals surface area contributed by atoms with Crippen LogP contribution in [0.15, 0.2) is 24.3 Å². The number of benzene rings is 1. The number of ether oxygens (including phenoxy) is 2. The van der Waals surface area contributed by atoms with Gasteiger partial charge in [0.1, 0.15) is 0 Å². The summed E-state index contributed by atoms with van der Waals surface area (Å²) in [7, 11) is 1.57. The molecule has 110 valence electrons. The van der Waals surface area contributed by atoms with Crippen LogP contribution >= 0.6 is 0 Å². The van der Waals surface area contributed by atoms with E-state index in [1.54, 1.807) is 19.2 Å². The fourth-order valence-corrected chi connectivity index (χ4v) is 1.79. The number of unbranched alkanes of at least 4 members (excludes halogenated alkanes) is 3. The molecule has 0 bridgehead atoms. The van der Waals surface area contributed by atoms with Crippen molar-refractivity contribution in [2.45, 2.75) is 32.6 Å². The largest absolute Gasteiger partial charge is 0.493 e. The van der Waals surface area contributed by atoms with Gasteiger partial charge < -0.3 is 14.6 Å². The number of methoxy groups -OCH3 is 1. The number of carbonyl (C=O) groups is 1. The molecule has 0 aliphatic rings. The van der Waals surface area contributed by atoms with Gasteiger partial charge >= 0.3 is 5.97 Å². The third-order valence-corrected chi connectivity index (χ3v) is 2.86. The van der Waals surface area contributed by atoms with E-state index in [0.717, 1.165) is 24.5 Å². The van der Waals surface area contributed by atoms with Crippen LogP contribution < -0.4 is 9.47 Å². The van der Waals surface area contributed by atoms with Crippen LogP contribution in [0.1, 0.15) is 38.2 Å². The molecule has 1 N–H and O–H groups in total. The van der Waals surface area contributed by atoms with E-state index in [4.69, 9.17) is 14.6 Å². The fourth-order valence-electron chi connectivity index (χ4n) is 1.79. The molecule has 1 aromatic rings. The second-order valence-corrected chi connectivity index (χ2v) is 4.49. The Morgan fingerprint density at radius 2 is 2.05 bits per heavy atom. The Bertz CT molecular complexity index is 452. The Morgan fingerprint density at radius 1 is 1.25 bits per heavy atom. The average molecular weight is 278 g/mol. The number of hydrogen-bond acceptors (Lipinski definition) is 3. The van der Waals surface area contributed by atoms with E-state index in [-0.39, 0.29) is 0 Å². The van der Waals surface area contributed by atoms with Crippen molar-refractivity contribution in [3.8, 4) is 11.5 Å². The molecule has 20 heavy (non-hydrogen) atoms. The highest BCUT2D eigenvalue weighted by atomic mass is 16.5. The summed E-state index contributed by atoms with van der Waals surface area (Å²) in [4.78, 5) is 10.5. The lowest BCUT2D eigenvalue weighted by molar-refractivity contribution is -0.131. The van der Waals surface area contributed by atoms with E-state index in [1.165, 1.54) is 18.9 Å². The predicted molar refractivity (Wildman–Crippen MR) is 79.3 cm³/mol. The second kappa shape index (κ2) is 9.02. The molecule has 0 spiro atoms. The van der Waals surface area contributed by atoms with Crippen LogP contribution in [-0.4, -0.2) is 24.8 Å². The van der Waals surface area contributed by atoms with Crippen molar-refractivity contribution in [3.63, 3.8) is 0 Å². The van der Waals surface area contributed by atoms with E-state index in [1.807, 2.05) is 6.07 Å². The van der Waals surface area contributed by atoms with Crippen LogP contribution in [0.3, 0.4) is 0 Å². The fraction of sp³-hybridized carbons (Fsp3) is 0.438. The van der Waals surface area contributed by atoms with Gasteiger partial charge in [-0.2, -0.15) is 0 Å². The van der Waals surface area contributed by atoms with Crippen LogP contribution in [0.2, 0.25) is 0 Å². The summed E-state index contributed by atoms with van der Waals surface area (Å²) in [5.74, 6) is 0.338. The minimum Gasteiger partial charge on any atom is -0.493 e. The maximum absolute atomic E-state index is 10.5. The van der Waals surface area contributed by atoms with E-state index in [2.05, 4.69) is 6.92 Å². The summed E-state index contributed by atoms with van der Waals surface area (Å²) >= 11 is 0. The Hall–Kier alpha value is -1.97. The van der Waals surface area contributed by atoms with E-state index in [0.29, 0.717) is 18.1 Å². The Balaban J connectivity index is 2.61. The maximum Gasteiger partial charge on any atom is 0.328 e. The summed E-state index contributed by atoms with van der Waals surface area (Å²) in [6, 6.07) is 5.38. The quantitative estimate of drug-likeness (QED) is 0.552. The predicted octanol–water partition coefficient (Wildman–Crippen LogP) is 3.75. The van der Waals surface area contributed by atoms with Gasteiger partial charge in [-0.1, -0.05) is 32.3 Å². The molecule has 0 aliphatic heterocycles. The zero-order chi connectivity index (χ0) is 14.8. The minimum atomic E-state index is -0.972. The Labute approximate surface area is 120 Å². The maximum atomic E-state index is 10.5. The van der Waals surface area contributed by atoms with Crippen LogP contribution in [0.25, 0.3) is 6.08 Å². The summed E-state index contributed by atoms with van der Waals surface area (Å²) in [6.45, 7) is 2.84. The van der Waals surface area contributed by atoms with Crippen molar-refractivity contribution in [2.24, 2.45) is 0 Å². The number of rotatable bonds is 9. The topological polar surface area (TPSA) is 55.8 Å². The molecule has 0 amide bonds.